The highest BCUT2D eigenvalue weighted by molar-refractivity contribution is 5.92. The van der Waals surface area contributed by atoms with Crippen molar-refractivity contribution in [2.45, 2.75) is 19.5 Å². The Morgan fingerprint density at radius 2 is 1.83 bits per heavy atom. The van der Waals surface area contributed by atoms with E-state index in [-0.39, 0.29) is 5.82 Å². The van der Waals surface area contributed by atoms with Crippen LogP contribution in [0.1, 0.15) is 12.5 Å². The van der Waals surface area contributed by atoms with Gasteiger partial charge in [-0.15, -0.1) is 0 Å². The van der Waals surface area contributed by atoms with Gasteiger partial charge in [-0.1, -0.05) is 6.07 Å². The molecular formula is C22H19FN4O2. The smallest absolute Gasteiger partial charge is 0.320 e. The Bertz CT molecular complexity index is 1160. The molecule has 0 aliphatic heterocycles. The largest absolute Gasteiger partial charge is 0.480 e. The van der Waals surface area contributed by atoms with Gasteiger partial charge in [0.15, 0.2) is 0 Å². The highest BCUT2D eigenvalue weighted by Gasteiger charge is 2.17. The number of aromatic nitrogens is 3. The third-order valence-corrected chi connectivity index (χ3v) is 4.76. The van der Waals surface area contributed by atoms with Crippen molar-refractivity contribution in [1.82, 2.24) is 19.9 Å². The predicted molar refractivity (Wildman–Crippen MR) is 108 cm³/mol. The van der Waals surface area contributed by atoms with Crippen LogP contribution in [0.5, 0.6) is 0 Å². The lowest BCUT2D eigenvalue weighted by Crippen LogP contribution is -2.33. The van der Waals surface area contributed by atoms with Crippen molar-refractivity contribution in [1.29, 1.82) is 0 Å². The maximum absolute atomic E-state index is 13.4. The van der Waals surface area contributed by atoms with Gasteiger partial charge in [0.2, 0.25) is 0 Å². The number of nitrogens with zero attached hydrogens (tertiary/aromatic N) is 3. The van der Waals surface area contributed by atoms with Crippen LogP contribution in [-0.2, 0) is 11.3 Å². The van der Waals surface area contributed by atoms with Gasteiger partial charge in [0.1, 0.15) is 17.6 Å². The molecule has 4 aromatic rings. The molecule has 0 saturated heterocycles. The standard InChI is InChI=1S/C22H19FN4O2/c1-14(22(28)29)25-12-15-2-7-19-20(16-8-10-24-11-9-16)21(26-27(19)13-15)17-3-5-18(23)6-4-17/h2-11,13-14,25H,12H2,1H3,(H,28,29)/t14-/m1/s1. The molecule has 0 unspecified atom stereocenters. The molecule has 0 fully saturated rings. The molecule has 0 aliphatic carbocycles. The van der Waals surface area contributed by atoms with Crippen LogP contribution in [0.3, 0.4) is 0 Å². The minimum absolute atomic E-state index is 0.302. The summed E-state index contributed by atoms with van der Waals surface area (Å²) in [6.07, 6.45) is 5.31. The van der Waals surface area contributed by atoms with E-state index < -0.39 is 12.0 Å². The first-order chi connectivity index (χ1) is 14.0. The van der Waals surface area contributed by atoms with E-state index in [1.807, 2.05) is 30.5 Å². The van der Waals surface area contributed by atoms with Gasteiger partial charge in [0.05, 0.1) is 5.52 Å². The second-order valence-corrected chi connectivity index (χ2v) is 6.77. The van der Waals surface area contributed by atoms with Gasteiger partial charge in [-0.25, -0.2) is 8.91 Å². The molecule has 146 valence electrons. The highest BCUT2D eigenvalue weighted by Crippen LogP contribution is 2.35. The van der Waals surface area contributed by atoms with Gasteiger partial charge in [-0.05, 0) is 60.5 Å². The first-order valence-corrected chi connectivity index (χ1v) is 9.17. The van der Waals surface area contributed by atoms with E-state index in [1.54, 1.807) is 36.0 Å². The van der Waals surface area contributed by atoms with Crippen molar-refractivity contribution in [2.75, 3.05) is 0 Å². The van der Waals surface area contributed by atoms with Gasteiger partial charge < -0.3 is 10.4 Å². The number of halogens is 1. The van der Waals surface area contributed by atoms with E-state index in [1.165, 1.54) is 12.1 Å². The molecule has 4 rings (SSSR count). The Labute approximate surface area is 166 Å². The summed E-state index contributed by atoms with van der Waals surface area (Å²) in [4.78, 5) is 15.1. The monoisotopic (exact) mass is 390 g/mol. The molecular weight excluding hydrogens is 371 g/mol. The number of hydrogen-bond acceptors (Lipinski definition) is 4. The van der Waals surface area contributed by atoms with Crippen molar-refractivity contribution >= 4 is 11.5 Å². The van der Waals surface area contributed by atoms with Crippen molar-refractivity contribution in [3.63, 3.8) is 0 Å². The second-order valence-electron chi connectivity index (χ2n) is 6.77. The van der Waals surface area contributed by atoms with E-state index in [9.17, 15) is 9.18 Å². The van der Waals surface area contributed by atoms with Gasteiger partial charge in [0.25, 0.3) is 0 Å². The zero-order valence-corrected chi connectivity index (χ0v) is 15.7. The first kappa shape index (κ1) is 18.8. The van der Waals surface area contributed by atoms with Crippen LogP contribution in [0.4, 0.5) is 4.39 Å². The lowest BCUT2D eigenvalue weighted by molar-refractivity contribution is -0.139. The minimum atomic E-state index is -0.899. The Balaban J connectivity index is 1.80. The summed E-state index contributed by atoms with van der Waals surface area (Å²) in [5.41, 5.74) is 5.23. The van der Waals surface area contributed by atoms with E-state index >= 15 is 0 Å². The lowest BCUT2D eigenvalue weighted by Gasteiger charge is -2.09. The van der Waals surface area contributed by atoms with Crippen molar-refractivity contribution in [3.05, 3.63) is 78.5 Å². The van der Waals surface area contributed by atoms with Crippen LogP contribution in [0, 0.1) is 5.82 Å². The maximum Gasteiger partial charge on any atom is 0.320 e. The number of hydrogen-bond donors (Lipinski definition) is 2. The first-order valence-electron chi connectivity index (χ1n) is 9.17. The summed E-state index contributed by atoms with van der Waals surface area (Å²) in [7, 11) is 0. The summed E-state index contributed by atoms with van der Waals surface area (Å²) in [5, 5.41) is 16.7. The molecule has 3 aromatic heterocycles. The van der Waals surface area contributed by atoms with Crippen LogP contribution in [0.15, 0.2) is 67.1 Å². The fraction of sp³-hybridized carbons (Fsp3) is 0.136. The summed E-state index contributed by atoms with van der Waals surface area (Å²) >= 11 is 0. The summed E-state index contributed by atoms with van der Waals surface area (Å²) in [5.74, 6) is -1.20. The zero-order chi connectivity index (χ0) is 20.4. The van der Waals surface area contributed by atoms with Crippen molar-refractivity contribution in [2.24, 2.45) is 0 Å². The predicted octanol–water partition coefficient (Wildman–Crippen LogP) is 3.77. The number of carboxylic acids is 1. The molecule has 2 N–H and O–H groups in total. The SMILES string of the molecule is C[C@@H](NCc1ccc2c(-c3ccncc3)c(-c3ccc(F)cc3)nn2c1)C(=O)O. The molecule has 6 nitrogen and oxygen atoms in total. The topological polar surface area (TPSA) is 79.5 Å². The van der Waals surface area contributed by atoms with E-state index in [0.29, 0.717) is 6.54 Å². The molecule has 0 radical (unpaired) electrons. The van der Waals surface area contributed by atoms with Crippen LogP contribution in [0.2, 0.25) is 0 Å². The normalized spacial score (nSPS) is 12.2. The summed E-state index contributed by atoms with van der Waals surface area (Å²) in [6.45, 7) is 2.00. The molecule has 3 heterocycles. The quantitative estimate of drug-likeness (QED) is 0.524. The third-order valence-electron chi connectivity index (χ3n) is 4.76. The molecule has 0 saturated carbocycles. The fourth-order valence-corrected chi connectivity index (χ4v) is 3.17. The fourth-order valence-electron chi connectivity index (χ4n) is 3.17. The molecule has 29 heavy (non-hydrogen) atoms. The molecule has 0 amide bonds. The van der Waals surface area contributed by atoms with Crippen LogP contribution in [-0.4, -0.2) is 31.7 Å². The Morgan fingerprint density at radius 3 is 2.52 bits per heavy atom. The number of fused-ring (bicyclic) bond motifs is 1. The number of carbonyl (C=O) groups is 1. The average molecular weight is 390 g/mol. The van der Waals surface area contributed by atoms with Gasteiger partial charge in [-0.3, -0.25) is 9.78 Å². The van der Waals surface area contributed by atoms with Crippen LogP contribution in [0.25, 0.3) is 27.9 Å². The van der Waals surface area contributed by atoms with E-state index in [0.717, 1.165) is 33.5 Å². The molecule has 0 aliphatic rings. The number of aliphatic carboxylic acids is 1. The van der Waals surface area contributed by atoms with Gasteiger partial charge in [0, 0.05) is 36.3 Å². The molecule has 0 bridgehead atoms. The van der Waals surface area contributed by atoms with Crippen LogP contribution < -0.4 is 5.32 Å². The van der Waals surface area contributed by atoms with Crippen molar-refractivity contribution in [3.8, 4) is 22.4 Å². The average Bonchev–Trinajstić information content (AvgIpc) is 3.11. The van der Waals surface area contributed by atoms with Crippen LogP contribution >= 0.6 is 0 Å². The highest BCUT2D eigenvalue weighted by atomic mass is 19.1. The van der Waals surface area contributed by atoms with Crippen molar-refractivity contribution < 1.29 is 14.3 Å². The van der Waals surface area contributed by atoms with E-state index in [4.69, 9.17) is 10.2 Å². The molecule has 1 atom stereocenters. The summed E-state index contributed by atoms with van der Waals surface area (Å²) in [6, 6.07) is 13.3. The Hall–Kier alpha value is -3.58. The third kappa shape index (κ3) is 3.86. The Morgan fingerprint density at radius 1 is 1.10 bits per heavy atom. The Kier molecular flexibility index (Phi) is 5.05. The van der Waals surface area contributed by atoms with Gasteiger partial charge in [-0.2, -0.15) is 5.10 Å². The number of nitrogens with one attached hydrogen (secondary N) is 1. The summed E-state index contributed by atoms with van der Waals surface area (Å²) < 4.78 is 15.2. The number of carboxylic acid groups (broad SMARTS) is 1. The van der Waals surface area contributed by atoms with Gasteiger partial charge >= 0.3 is 5.97 Å². The lowest BCUT2D eigenvalue weighted by atomic mass is 10.0. The number of benzene rings is 1. The molecule has 0 spiro atoms. The molecule has 1 aromatic carbocycles. The molecule has 7 heteroatoms. The number of rotatable bonds is 6. The second kappa shape index (κ2) is 7.81. The maximum atomic E-state index is 13.4. The number of pyridine rings is 2. The minimum Gasteiger partial charge on any atom is -0.480 e. The van der Waals surface area contributed by atoms with E-state index in [2.05, 4.69) is 10.3 Å². The zero-order valence-electron chi connectivity index (χ0n) is 15.7.